The summed E-state index contributed by atoms with van der Waals surface area (Å²) in [6.45, 7) is 2.89. The first kappa shape index (κ1) is 45.4. The molecule has 2 aromatic heterocycles. The molecule has 6 heterocycles. The Morgan fingerprint density at radius 2 is 0.649 bits per heavy atom. The van der Waals surface area contributed by atoms with Crippen LogP contribution in [-0.4, -0.2) is 53.6 Å². The zero-order chi connectivity index (χ0) is 49.1. The molecule has 74 heavy (non-hydrogen) atoms. The number of aromatic nitrogens is 2. The van der Waals surface area contributed by atoms with Gasteiger partial charge in [-0.05, 0) is 0 Å². The standard InChI is InChI=1S/C48H24N8.C16H33O.Ga/c1-2-10-26-18-34-33(17-25(26)9-1)41-49-42(34)54-44-37-21-29-13-5-6-14-30(29)22-38(37)46(51-44)56-48-40-24-32-16-8-7-15-31(32)23-39(40)47(52-48)55-45-36-20-28-12-4-3-11-27(28)19-35(36)43(50-45)53-41;1-2-3-4-5-6-7-8-9-10-11-12-13-14-15-16-17;/h1-24H;2-16H2,1H3;/q-2;-1;+3. The predicted molar refractivity (Wildman–Crippen MR) is 307 cm³/mol. The molecule has 9 nitrogen and oxygen atoms in total. The van der Waals surface area contributed by atoms with Gasteiger partial charge in [0.25, 0.3) is 0 Å². The Kier molecular flexibility index (Phi) is 11.8. The molecule has 14 rings (SSSR count). The van der Waals surface area contributed by atoms with Gasteiger partial charge in [0.15, 0.2) is 0 Å². The van der Waals surface area contributed by atoms with E-state index in [9.17, 15) is 0 Å². The van der Waals surface area contributed by atoms with E-state index in [0.717, 1.165) is 122 Å². The van der Waals surface area contributed by atoms with Gasteiger partial charge in [0, 0.05) is 0 Å². The third-order valence-electron chi connectivity index (χ3n) is 15.9. The zero-order valence-corrected chi connectivity index (χ0v) is 44.4. The van der Waals surface area contributed by atoms with Crippen LogP contribution >= 0.6 is 0 Å². The summed E-state index contributed by atoms with van der Waals surface area (Å²) in [5, 5.41) is 13.0. The first-order valence-electron chi connectivity index (χ1n) is 27.3. The summed E-state index contributed by atoms with van der Waals surface area (Å²) >= 11 is -3.81. The van der Waals surface area contributed by atoms with E-state index in [1.165, 1.54) is 77.0 Å². The van der Waals surface area contributed by atoms with Crippen LogP contribution in [0, 0.1) is 0 Å². The zero-order valence-electron chi connectivity index (χ0n) is 42.0. The summed E-state index contributed by atoms with van der Waals surface area (Å²) in [6, 6.07) is 52.4. The topological polar surface area (TPSA) is 93.2 Å². The number of amidine groups is 4. The third-order valence-corrected chi connectivity index (χ3v) is 20.9. The number of nitrogens with zero attached hydrogens (tertiary/aromatic N) is 8. The third kappa shape index (κ3) is 7.97. The average Bonchev–Trinajstić information content (AvgIpc) is 4.13. The summed E-state index contributed by atoms with van der Waals surface area (Å²) in [7, 11) is 0. The summed E-state index contributed by atoms with van der Waals surface area (Å²) in [6.07, 6.45) is 18.2. The number of hydrogen-bond acceptors (Lipinski definition) is 7. The molecule has 0 saturated carbocycles. The molecule has 0 aliphatic carbocycles. The van der Waals surface area contributed by atoms with Crippen molar-refractivity contribution in [3.05, 3.63) is 179 Å². The van der Waals surface area contributed by atoms with Crippen LogP contribution in [-0.2, 0) is 3.53 Å². The molecule has 0 N–H and O–H groups in total. The number of aliphatic imine (C=N–C) groups is 4. The average molecular weight is 1020 g/mol. The van der Waals surface area contributed by atoms with E-state index in [0.29, 0.717) is 29.9 Å². The maximum atomic E-state index is 7.72. The monoisotopic (exact) mass is 1020 g/mol. The van der Waals surface area contributed by atoms with Crippen molar-refractivity contribution in [3.8, 4) is 0 Å². The van der Waals surface area contributed by atoms with E-state index in [4.69, 9.17) is 33.5 Å². The fraction of sp³-hybridized carbons (Fsp3) is 0.250. The van der Waals surface area contributed by atoms with Crippen molar-refractivity contribution in [3.63, 3.8) is 0 Å². The van der Waals surface area contributed by atoms with Gasteiger partial charge in [-0.3, -0.25) is 0 Å². The Morgan fingerprint density at radius 1 is 0.338 bits per heavy atom. The minimum atomic E-state index is -3.81. The Labute approximate surface area is 436 Å². The molecule has 4 aliphatic rings. The van der Waals surface area contributed by atoms with Crippen molar-refractivity contribution in [2.45, 2.75) is 96.8 Å². The number of benzene rings is 8. The van der Waals surface area contributed by atoms with E-state index >= 15 is 0 Å². The van der Waals surface area contributed by atoms with E-state index < -0.39 is 17.1 Å². The number of fused-ring (bicyclic) bond motifs is 18. The van der Waals surface area contributed by atoms with Crippen LogP contribution in [0.1, 0.15) is 119 Å². The minimum absolute atomic E-state index is 0.597. The molecule has 0 unspecified atom stereocenters. The van der Waals surface area contributed by atoms with Crippen molar-refractivity contribution < 1.29 is 3.53 Å². The van der Waals surface area contributed by atoms with Gasteiger partial charge in [0.1, 0.15) is 0 Å². The Hall–Kier alpha value is -7.24. The molecule has 0 radical (unpaired) electrons. The summed E-state index contributed by atoms with van der Waals surface area (Å²) in [4.78, 5) is 33.9. The molecule has 0 amide bonds. The van der Waals surface area contributed by atoms with Gasteiger partial charge in [-0.2, -0.15) is 0 Å². The van der Waals surface area contributed by atoms with Crippen LogP contribution in [0.15, 0.2) is 176 Å². The SMILES string of the molecule is CCCCCCCCCCCCCCCC[O][Ga]1[n]2c3c4cc5ccccc5cc4c2N=C2N=C(N=c4c5cc6ccccc6cc5c([n]41)=NC1=NC(=N3)c3cc4ccccc4cc31)c1cc3ccccc3cc12. The van der Waals surface area contributed by atoms with Gasteiger partial charge < -0.3 is 0 Å². The van der Waals surface area contributed by atoms with Gasteiger partial charge in [0.05, 0.1) is 0 Å². The molecule has 0 saturated heterocycles. The van der Waals surface area contributed by atoms with Crippen molar-refractivity contribution in [2.75, 3.05) is 6.61 Å². The van der Waals surface area contributed by atoms with Crippen molar-refractivity contribution in [2.24, 2.45) is 30.0 Å². The Balaban J connectivity index is 0.981. The molecular weight excluding hydrogens is 966 g/mol. The first-order chi connectivity index (χ1) is 36.6. The van der Waals surface area contributed by atoms with Crippen molar-refractivity contribution in [1.29, 1.82) is 0 Å². The Bertz CT molecular complexity index is 3950. The second-order valence-electron chi connectivity index (χ2n) is 20.8. The molecule has 8 aromatic carbocycles. The van der Waals surface area contributed by atoms with E-state index in [1.807, 2.05) is 0 Å². The summed E-state index contributed by atoms with van der Waals surface area (Å²) in [5.74, 6) is 4.12. The molecule has 6 bridgehead atoms. The van der Waals surface area contributed by atoms with Crippen LogP contribution < -0.4 is 11.0 Å². The molecule has 362 valence electrons. The summed E-state index contributed by atoms with van der Waals surface area (Å²) < 4.78 is 12.5. The fourth-order valence-electron chi connectivity index (χ4n) is 12.0. The van der Waals surface area contributed by atoms with Gasteiger partial charge in [0.2, 0.25) is 0 Å². The molecule has 0 atom stereocenters. The van der Waals surface area contributed by atoms with E-state index in [1.54, 1.807) is 0 Å². The van der Waals surface area contributed by atoms with Gasteiger partial charge in [-0.15, -0.1) is 0 Å². The normalized spacial score (nSPS) is 14.3. The second kappa shape index (κ2) is 19.2. The Morgan fingerprint density at radius 3 is 1.01 bits per heavy atom. The van der Waals surface area contributed by atoms with Crippen LogP contribution in [0.4, 0.5) is 11.6 Å². The van der Waals surface area contributed by atoms with Gasteiger partial charge in [-0.25, -0.2) is 0 Å². The number of unbranched alkanes of at least 4 members (excludes halogenated alkanes) is 13. The molecular formula is C64H57GaN8O. The maximum absolute atomic E-state index is 7.72. The van der Waals surface area contributed by atoms with Gasteiger partial charge >= 0.3 is 406 Å². The molecule has 4 aliphatic heterocycles. The molecule has 10 aromatic rings. The van der Waals surface area contributed by atoms with Crippen LogP contribution in [0.3, 0.4) is 0 Å². The fourth-order valence-corrected chi connectivity index (χ4v) is 17.3. The molecule has 10 heteroatoms. The number of rotatable bonds is 16. The van der Waals surface area contributed by atoms with Crippen molar-refractivity contribution >= 4 is 117 Å². The second-order valence-corrected chi connectivity index (χ2v) is 25.0. The van der Waals surface area contributed by atoms with Crippen LogP contribution in [0.2, 0.25) is 0 Å². The number of hydrogen-bond donors (Lipinski definition) is 0. The molecule has 0 spiro atoms. The van der Waals surface area contributed by atoms with Crippen LogP contribution in [0.5, 0.6) is 0 Å². The summed E-state index contributed by atoms with van der Waals surface area (Å²) in [5.41, 5.74) is 5.41. The first-order valence-corrected chi connectivity index (χ1v) is 30.4. The molecule has 0 fully saturated rings. The quantitative estimate of drug-likeness (QED) is 0.0700. The van der Waals surface area contributed by atoms with E-state index in [2.05, 4.69) is 159 Å². The van der Waals surface area contributed by atoms with Crippen molar-refractivity contribution in [1.82, 2.24) is 6.55 Å². The van der Waals surface area contributed by atoms with Gasteiger partial charge in [-0.1, -0.05) is 32.6 Å². The van der Waals surface area contributed by atoms with E-state index in [-0.39, 0.29) is 0 Å². The van der Waals surface area contributed by atoms with Crippen LogP contribution in [0.25, 0.3) is 64.6 Å². The predicted octanol–water partition coefficient (Wildman–Crippen LogP) is 15.0.